The van der Waals surface area contributed by atoms with Gasteiger partial charge in [-0.2, -0.15) is 0 Å². The second-order valence-corrected chi connectivity index (χ2v) is 4.53. The molecular formula is C12H18BrNO. The van der Waals surface area contributed by atoms with E-state index in [9.17, 15) is 0 Å². The number of aliphatic hydroxyl groups excluding tert-OH is 1. The molecule has 84 valence electrons. The average Bonchev–Trinajstić information content (AvgIpc) is 2.23. The molecule has 0 aliphatic heterocycles. The van der Waals surface area contributed by atoms with Gasteiger partial charge in [-0.05, 0) is 30.7 Å². The lowest BCUT2D eigenvalue weighted by atomic mass is 10.1. The highest BCUT2D eigenvalue weighted by Crippen LogP contribution is 2.18. The molecule has 1 aromatic carbocycles. The molecule has 1 rings (SSSR count). The molecule has 0 heterocycles. The van der Waals surface area contributed by atoms with Crippen molar-refractivity contribution in [3.05, 3.63) is 33.8 Å². The molecule has 0 saturated carbocycles. The first-order valence-electron chi connectivity index (χ1n) is 5.25. The third-order valence-electron chi connectivity index (χ3n) is 2.51. The molecule has 0 amide bonds. The van der Waals surface area contributed by atoms with E-state index in [0.717, 1.165) is 24.1 Å². The largest absolute Gasteiger partial charge is 0.395 e. The van der Waals surface area contributed by atoms with E-state index < -0.39 is 0 Å². The smallest absolute Gasteiger partial charge is 0.0558 e. The Morgan fingerprint density at radius 1 is 1.40 bits per heavy atom. The van der Waals surface area contributed by atoms with Gasteiger partial charge in [-0.25, -0.2) is 0 Å². The fourth-order valence-corrected chi connectivity index (χ4v) is 1.91. The molecule has 0 bridgehead atoms. The number of aliphatic hydroxyl groups is 1. The molecule has 0 aliphatic rings. The third-order valence-corrected chi connectivity index (χ3v) is 3.36. The summed E-state index contributed by atoms with van der Waals surface area (Å²) in [6.07, 6.45) is 0. The Morgan fingerprint density at radius 3 is 2.67 bits per heavy atom. The van der Waals surface area contributed by atoms with Crippen molar-refractivity contribution in [2.45, 2.75) is 20.4 Å². The van der Waals surface area contributed by atoms with Gasteiger partial charge in [0.15, 0.2) is 0 Å². The summed E-state index contributed by atoms with van der Waals surface area (Å²) < 4.78 is 1.15. The Hall–Kier alpha value is -0.380. The molecule has 2 nitrogen and oxygen atoms in total. The summed E-state index contributed by atoms with van der Waals surface area (Å²) in [5, 5.41) is 8.89. The van der Waals surface area contributed by atoms with E-state index in [1.807, 2.05) is 0 Å². The fraction of sp³-hybridized carbons (Fsp3) is 0.500. The van der Waals surface area contributed by atoms with Gasteiger partial charge in [0.1, 0.15) is 0 Å². The summed E-state index contributed by atoms with van der Waals surface area (Å²) in [5.41, 5.74) is 2.53. The van der Waals surface area contributed by atoms with Crippen LogP contribution in [0.5, 0.6) is 0 Å². The molecule has 0 fully saturated rings. The van der Waals surface area contributed by atoms with Gasteiger partial charge in [0.25, 0.3) is 0 Å². The first-order chi connectivity index (χ1) is 7.17. The van der Waals surface area contributed by atoms with Gasteiger partial charge in [0.05, 0.1) is 6.61 Å². The lowest BCUT2D eigenvalue weighted by Gasteiger charge is -2.19. The third kappa shape index (κ3) is 3.93. The van der Waals surface area contributed by atoms with E-state index in [-0.39, 0.29) is 6.61 Å². The molecule has 0 radical (unpaired) electrons. The summed E-state index contributed by atoms with van der Waals surface area (Å²) >= 11 is 3.53. The van der Waals surface area contributed by atoms with Crippen molar-refractivity contribution in [3.63, 3.8) is 0 Å². The maximum atomic E-state index is 8.89. The van der Waals surface area contributed by atoms with Crippen LogP contribution in [0.15, 0.2) is 22.7 Å². The second-order valence-electron chi connectivity index (χ2n) is 3.68. The highest BCUT2D eigenvalue weighted by molar-refractivity contribution is 9.10. The minimum atomic E-state index is 0.223. The van der Waals surface area contributed by atoms with Crippen LogP contribution in [-0.4, -0.2) is 29.7 Å². The van der Waals surface area contributed by atoms with E-state index in [1.54, 1.807) is 0 Å². The molecule has 0 aromatic heterocycles. The van der Waals surface area contributed by atoms with Gasteiger partial charge in [0, 0.05) is 17.6 Å². The van der Waals surface area contributed by atoms with Gasteiger partial charge in [-0.15, -0.1) is 0 Å². The average molecular weight is 272 g/mol. The SMILES string of the molecule is CCN(CCO)Cc1ccc(C)c(Br)c1. The van der Waals surface area contributed by atoms with E-state index in [0.29, 0.717) is 0 Å². The van der Waals surface area contributed by atoms with Crippen LogP contribution in [0.1, 0.15) is 18.1 Å². The zero-order chi connectivity index (χ0) is 11.3. The maximum Gasteiger partial charge on any atom is 0.0558 e. The number of nitrogens with zero attached hydrogens (tertiary/aromatic N) is 1. The van der Waals surface area contributed by atoms with Crippen molar-refractivity contribution >= 4 is 15.9 Å². The van der Waals surface area contributed by atoms with Crippen molar-refractivity contribution in [1.29, 1.82) is 0 Å². The molecule has 1 N–H and O–H groups in total. The fourth-order valence-electron chi connectivity index (χ4n) is 1.48. The molecule has 0 spiro atoms. The Labute approximate surface area is 100 Å². The van der Waals surface area contributed by atoms with Crippen molar-refractivity contribution < 1.29 is 5.11 Å². The summed E-state index contributed by atoms with van der Waals surface area (Å²) in [6.45, 7) is 7.02. The Morgan fingerprint density at radius 2 is 2.13 bits per heavy atom. The molecule has 15 heavy (non-hydrogen) atoms. The molecule has 0 unspecified atom stereocenters. The van der Waals surface area contributed by atoms with Crippen LogP contribution in [0, 0.1) is 6.92 Å². The first kappa shape index (κ1) is 12.7. The maximum absolute atomic E-state index is 8.89. The van der Waals surface area contributed by atoms with Gasteiger partial charge in [-0.3, -0.25) is 4.90 Å². The van der Waals surface area contributed by atoms with Gasteiger partial charge < -0.3 is 5.11 Å². The predicted octanol–water partition coefficient (Wildman–Crippen LogP) is 2.57. The van der Waals surface area contributed by atoms with Gasteiger partial charge in [-0.1, -0.05) is 35.0 Å². The number of aryl methyl sites for hydroxylation is 1. The molecule has 1 aromatic rings. The zero-order valence-electron chi connectivity index (χ0n) is 9.33. The van der Waals surface area contributed by atoms with Crippen LogP contribution in [-0.2, 0) is 6.54 Å². The van der Waals surface area contributed by atoms with Crippen LogP contribution >= 0.6 is 15.9 Å². The molecule has 0 atom stereocenters. The highest BCUT2D eigenvalue weighted by Gasteiger charge is 2.03. The van der Waals surface area contributed by atoms with Crippen LogP contribution in [0.2, 0.25) is 0 Å². The number of hydrogen-bond donors (Lipinski definition) is 1. The summed E-state index contributed by atoms with van der Waals surface area (Å²) in [6, 6.07) is 6.40. The normalized spacial score (nSPS) is 11.0. The molecule has 0 aliphatic carbocycles. The topological polar surface area (TPSA) is 23.5 Å². The van der Waals surface area contributed by atoms with Crippen LogP contribution in [0.25, 0.3) is 0 Å². The lowest BCUT2D eigenvalue weighted by Crippen LogP contribution is -2.26. The van der Waals surface area contributed by atoms with Gasteiger partial charge in [0.2, 0.25) is 0 Å². The van der Waals surface area contributed by atoms with E-state index >= 15 is 0 Å². The molecule has 0 saturated heterocycles. The van der Waals surface area contributed by atoms with Crippen LogP contribution in [0.3, 0.4) is 0 Å². The summed E-state index contributed by atoms with van der Waals surface area (Å²) in [5.74, 6) is 0. The lowest BCUT2D eigenvalue weighted by molar-refractivity contribution is 0.197. The van der Waals surface area contributed by atoms with Gasteiger partial charge >= 0.3 is 0 Å². The van der Waals surface area contributed by atoms with E-state index in [4.69, 9.17) is 5.11 Å². The van der Waals surface area contributed by atoms with E-state index in [2.05, 4.69) is 52.9 Å². The van der Waals surface area contributed by atoms with Crippen molar-refractivity contribution in [2.75, 3.05) is 19.7 Å². The minimum Gasteiger partial charge on any atom is -0.395 e. The standard InChI is InChI=1S/C12H18BrNO/c1-3-14(6-7-15)9-11-5-4-10(2)12(13)8-11/h4-5,8,15H,3,6-7,9H2,1-2H3. The Bertz CT molecular complexity index is 314. The van der Waals surface area contributed by atoms with Crippen molar-refractivity contribution in [1.82, 2.24) is 4.90 Å². The second kappa shape index (κ2) is 6.26. The van der Waals surface area contributed by atoms with Crippen LogP contribution < -0.4 is 0 Å². The Balaban J connectivity index is 2.66. The highest BCUT2D eigenvalue weighted by atomic mass is 79.9. The number of hydrogen-bond acceptors (Lipinski definition) is 2. The molecular weight excluding hydrogens is 254 g/mol. The van der Waals surface area contributed by atoms with E-state index in [1.165, 1.54) is 11.1 Å². The Kier molecular flexibility index (Phi) is 5.29. The number of halogens is 1. The first-order valence-corrected chi connectivity index (χ1v) is 6.05. The molecule has 3 heteroatoms. The zero-order valence-corrected chi connectivity index (χ0v) is 10.9. The summed E-state index contributed by atoms with van der Waals surface area (Å²) in [7, 11) is 0. The van der Waals surface area contributed by atoms with Crippen molar-refractivity contribution in [3.8, 4) is 0 Å². The minimum absolute atomic E-state index is 0.223. The predicted molar refractivity (Wildman–Crippen MR) is 66.9 cm³/mol. The number of rotatable bonds is 5. The monoisotopic (exact) mass is 271 g/mol. The summed E-state index contributed by atoms with van der Waals surface area (Å²) in [4.78, 5) is 2.22. The van der Waals surface area contributed by atoms with Crippen LogP contribution in [0.4, 0.5) is 0 Å². The number of benzene rings is 1. The quantitative estimate of drug-likeness (QED) is 0.890. The number of likely N-dealkylation sites (N-methyl/N-ethyl adjacent to an activating group) is 1. The van der Waals surface area contributed by atoms with Crippen molar-refractivity contribution in [2.24, 2.45) is 0 Å².